The van der Waals surface area contributed by atoms with Crippen molar-refractivity contribution in [2.24, 2.45) is 5.10 Å². The highest BCUT2D eigenvalue weighted by Gasteiger charge is 2.09. The van der Waals surface area contributed by atoms with Crippen LogP contribution in [-0.4, -0.2) is 26.2 Å². The van der Waals surface area contributed by atoms with Crippen molar-refractivity contribution >= 4 is 29.3 Å². The fourth-order valence-corrected chi connectivity index (χ4v) is 2.55. The van der Waals surface area contributed by atoms with Gasteiger partial charge in [0.2, 0.25) is 0 Å². The summed E-state index contributed by atoms with van der Waals surface area (Å²) in [6, 6.07) is 5.54. The monoisotopic (exact) mass is 305 g/mol. The number of anilines is 1. The van der Waals surface area contributed by atoms with Crippen LogP contribution < -0.4 is 10.3 Å². The third-order valence-corrected chi connectivity index (χ3v) is 4.10. The summed E-state index contributed by atoms with van der Waals surface area (Å²) in [7, 11) is 3.79. The molecule has 2 rings (SSSR count). The molecule has 21 heavy (non-hydrogen) atoms. The van der Waals surface area contributed by atoms with Gasteiger partial charge in [0.05, 0.1) is 11.8 Å². The first kappa shape index (κ1) is 15.3. The van der Waals surface area contributed by atoms with E-state index in [0.29, 0.717) is 17.2 Å². The van der Waals surface area contributed by atoms with E-state index in [2.05, 4.69) is 24.4 Å². The first-order chi connectivity index (χ1) is 9.97. The molecule has 0 fully saturated rings. The number of amides is 1. The minimum Gasteiger partial charge on any atom is -0.440 e. The highest BCUT2D eigenvalue weighted by Crippen LogP contribution is 2.23. The van der Waals surface area contributed by atoms with Gasteiger partial charge in [0.1, 0.15) is 5.76 Å². The van der Waals surface area contributed by atoms with E-state index in [1.807, 2.05) is 36.5 Å². The van der Waals surface area contributed by atoms with Crippen LogP contribution in [0.4, 0.5) is 5.88 Å². The lowest BCUT2D eigenvalue weighted by atomic mass is 10.1. The summed E-state index contributed by atoms with van der Waals surface area (Å²) in [4.78, 5) is 15.0. The largest absolute Gasteiger partial charge is 0.440 e. The van der Waals surface area contributed by atoms with Crippen LogP contribution in [0.25, 0.3) is 0 Å². The third kappa shape index (κ3) is 3.95. The van der Waals surface area contributed by atoms with Gasteiger partial charge in [0.15, 0.2) is 5.88 Å². The Morgan fingerprint density at radius 1 is 1.43 bits per heavy atom. The average Bonchev–Trinajstić information content (AvgIpc) is 3.07. The quantitative estimate of drug-likeness (QED) is 0.681. The second-order valence-electron chi connectivity index (χ2n) is 5.16. The number of nitrogens with zero attached hydrogens (tertiary/aromatic N) is 2. The molecule has 0 aliphatic carbocycles. The van der Waals surface area contributed by atoms with Crippen LogP contribution in [0.15, 0.2) is 33.1 Å². The molecule has 112 valence electrons. The van der Waals surface area contributed by atoms with E-state index in [1.54, 1.807) is 17.4 Å². The molecule has 2 aromatic rings. The molecule has 1 N–H and O–H groups in total. The molecular formula is C15H19N3O2S. The van der Waals surface area contributed by atoms with E-state index in [1.165, 1.54) is 11.1 Å². The number of nitrogens with one attached hydrogen (secondary N) is 1. The van der Waals surface area contributed by atoms with Gasteiger partial charge >= 0.3 is 0 Å². The van der Waals surface area contributed by atoms with Gasteiger partial charge in [-0.2, -0.15) is 5.10 Å². The fraction of sp³-hybridized carbons (Fsp3) is 0.333. The highest BCUT2D eigenvalue weighted by atomic mass is 32.1. The maximum atomic E-state index is 11.9. The summed E-state index contributed by atoms with van der Waals surface area (Å²) in [5, 5.41) is 5.76. The van der Waals surface area contributed by atoms with Gasteiger partial charge in [-0.3, -0.25) is 4.79 Å². The lowest BCUT2D eigenvalue weighted by molar-refractivity contribution is 0.0955. The highest BCUT2D eigenvalue weighted by molar-refractivity contribution is 7.10. The van der Waals surface area contributed by atoms with E-state index in [4.69, 9.17) is 4.42 Å². The predicted molar refractivity (Wildman–Crippen MR) is 86.5 cm³/mol. The van der Waals surface area contributed by atoms with Crippen LogP contribution >= 0.6 is 11.3 Å². The molecule has 1 amide bonds. The van der Waals surface area contributed by atoms with E-state index < -0.39 is 0 Å². The predicted octanol–water partition coefficient (Wildman–Crippen LogP) is 3.29. The minimum atomic E-state index is -0.214. The smallest absolute Gasteiger partial charge is 0.272 e. The summed E-state index contributed by atoms with van der Waals surface area (Å²) in [6.45, 7) is 4.20. The van der Waals surface area contributed by atoms with Crippen LogP contribution in [0.1, 0.15) is 40.8 Å². The standard InChI is InChI=1S/C15H19N3O2S/c1-10(2)13-7-11(9-21-13)15(19)17-16-8-12-5-6-14(20-12)18(3)4/h5-10H,1-4H3,(H,17,19)/b16-8+. The summed E-state index contributed by atoms with van der Waals surface area (Å²) in [5.74, 6) is 1.54. The maximum absolute atomic E-state index is 11.9. The molecule has 0 atom stereocenters. The van der Waals surface area contributed by atoms with Crippen molar-refractivity contribution in [1.82, 2.24) is 5.43 Å². The molecule has 0 aliphatic rings. The normalized spacial score (nSPS) is 11.3. The lowest BCUT2D eigenvalue weighted by Crippen LogP contribution is -2.16. The van der Waals surface area contributed by atoms with Crippen molar-refractivity contribution in [2.75, 3.05) is 19.0 Å². The number of hydrogen-bond acceptors (Lipinski definition) is 5. The van der Waals surface area contributed by atoms with Gasteiger partial charge in [0, 0.05) is 30.4 Å². The second kappa shape index (κ2) is 6.58. The maximum Gasteiger partial charge on any atom is 0.272 e. The van der Waals surface area contributed by atoms with E-state index in [-0.39, 0.29) is 5.91 Å². The number of carbonyl (C=O) groups is 1. The zero-order valence-corrected chi connectivity index (χ0v) is 13.4. The van der Waals surface area contributed by atoms with Gasteiger partial charge < -0.3 is 9.32 Å². The molecular weight excluding hydrogens is 286 g/mol. The first-order valence-electron chi connectivity index (χ1n) is 6.66. The number of hydrogen-bond donors (Lipinski definition) is 1. The molecule has 0 saturated heterocycles. The summed E-state index contributed by atoms with van der Waals surface area (Å²) in [6.07, 6.45) is 1.49. The molecule has 0 radical (unpaired) electrons. The van der Waals surface area contributed by atoms with Crippen molar-refractivity contribution in [1.29, 1.82) is 0 Å². The van der Waals surface area contributed by atoms with Crippen LogP contribution in [0.3, 0.4) is 0 Å². The lowest BCUT2D eigenvalue weighted by Gasteiger charge is -2.05. The van der Waals surface area contributed by atoms with E-state index in [0.717, 1.165) is 5.88 Å². The molecule has 2 heterocycles. The molecule has 0 saturated carbocycles. The van der Waals surface area contributed by atoms with Gasteiger partial charge in [0.25, 0.3) is 5.91 Å². The van der Waals surface area contributed by atoms with Gasteiger partial charge in [-0.15, -0.1) is 11.3 Å². The van der Waals surface area contributed by atoms with Crippen molar-refractivity contribution in [3.05, 3.63) is 39.8 Å². The van der Waals surface area contributed by atoms with Gasteiger partial charge in [-0.05, 0) is 18.1 Å². The Bertz CT molecular complexity index is 641. The Hall–Kier alpha value is -2.08. The first-order valence-corrected chi connectivity index (χ1v) is 7.54. The number of rotatable bonds is 5. The van der Waals surface area contributed by atoms with Crippen molar-refractivity contribution in [2.45, 2.75) is 19.8 Å². The zero-order valence-electron chi connectivity index (χ0n) is 12.6. The van der Waals surface area contributed by atoms with Crippen molar-refractivity contribution in [3.63, 3.8) is 0 Å². The summed E-state index contributed by atoms with van der Waals surface area (Å²) < 4.78 is 5.50. The second-order valence-corrected chi connectivity index (χ2v) is 6.10. The van der Waals surface area contributed by atoms with Gasteiger partial charge in [-0.1, -0.05) is 13.8 Å². The molecule has 5 nitrogen and oxygen atoms in total. The molecule has 2 aromatic heterocycles. The number of carbonyl (C=O) groups excluding carboxylic acids is 1. The zero-order chi connectivity index (χ0) is 15.4. The molecule has 0 unspecified atom stereocenters. The van der Waals surface area contributed by atoms with Gasteiger partial charge in [-0.25, -0.2) is 5.43 Å². The molecule has 0 spiro atoms. The third-order valence-electron chi connectivity index (χ3n) is 2.86. The SMILES string of the molecule is CC(C)c1cc(C(=O)N/N=C/c2ccc(N(C)C)o2)cs1. The molecule has 0 aromatic carbocycles. The van der Waals surface area contributed by atoms with Crippen molar-refractivity contribution < 1.29 is 9.21 Å². The van der Waals surface area contributed by atoms with Crippen molar-refractivity contribution in [3.8, 4) is 0 Å². The summed E-state index contributed by atoms with van der Waals surface area (Å²) in [5.41, 5.74) is 3.14. The van der Waals surface area contributed by atoms with Crippen LogP contribution in [0.2, 0.25) is 0 Å². The molecule has 6 heteroatoms. The Morgan fingerprint density at radius 3 is 2.76 bits per heavy atom. The number of thiophene rings is 1. The Balaban J connectivity index is 1.94. The van der Waals surface area contributed by atoms with E-state index in [9.17, 15) is 4.79 Å². The fourth-order valence-electron chi connectivity index (χ4n) is 1.65. The van der Waals surface area contributed by atoms with Crippen LogP contribution in [0.5, 0.6) is 0 Å². The number of furan rings is 1. The Kier molecular flexibility index (Phi) is 4.80. The number of hydrazone groups is 1. The molecule has 0 bridgehead atoms. The summed E-state index contributed by atoms with van der Waals surface area (Å²) >= 11 is 1.59. The van der Waals surface area contributed by atoms with E-state index >= 15 is 0 Å². The average molecular weight is 305 g/mol. The topological polar surface area (TPSA) is 57.8 Å². The molecule has 0 aliphatic heterocycles. The Labute approximate surface area is 128 Å². The minimum absolute atomic E-state index is 0.214. The Morgan fingerprint density at radius 2 is 2.19 bits per heavy atom. The van der Waals surface area contributed by atoms with Crippen LogP contribution in [0, 0.1) is 0 Å². The van der Waals surface area contributed by atoms with Crippen LogP contribution in [-0.2, 0) is 0 Å².